The molecule has 0 spiro atoms. The molecule has 0 heterocycles. The molecule has 0 aliphatic heterocycles. The van der Waals surface area contributed by atoms with Gasteiger partial charge in [-0.25, -0.2) is 0 Å². The molecule has 3 unspecified atom stereocenters. The number of rotatable bonds is 1. The Morgan fingerprint density at radius 2 is 1.60 bits per heavy atom. The highest BCUT2D eigenvalue weighted by atomic mass is 79.9. The first-order chi connectivity index (χ1) is 9.00. The van der Waals surface area contributed by atoms with Crippen LogP contribution in [0.3, 0.4) is 0 Å². The van der Waals surface area contributed by atoms with Crippen molar-refractivity contribution in [2.24, 2.45) is 17.3 Å². The molecular weight excluding hydrogens is 323 g/mol. The number of fused-ring (bicyclic) bond motifs is 2. The van der Waals surface area contributed by atoms with Gasteiger partial charge in [0.2, 0.25) is 0 Å². The fraction of sp³-hybridized carbons (Fsp3) is 1.00. The van der Waals surface area contributed by atoms with Gasteiger partial charge in [-0.1, -0.05) is 43.6 Å². The van der Waals surface area contributed by atoms with E-state index in [1.54, 1.807) is 6.92 Å². The van der Waals surface area contributed by atoms with E-state index in [-0.39, 0.29) is 5.41 Å². The van der Waals surface area contributed by atoms with Gasteiger partial charge in [0, 0.05) is 5.33 Å². The monoisotopic (exact) mass is 352 g/mol. The highest BCUT2D eigenvalue weighted by molar-refractivity contribution is 9.09. The Bertz CT molecular complexity index is 287. The zero-order valence-corrected chi connectivity index (χ0v) is 14.9. The number of aliphatic hydroxyl groups is 2. The Labute approximate surface area is 132 Å². The molecule has 0 amide bonds. The standard InChI is InChI=1S/C10H18O2.C4H9Br.BH3O2/c1-8(2)7-4-5-9(3,11)10(8,12)6-7;1-4(2)3-5;2-1-3/h7,11-12H,4-6H2,1-3H3;4H,3H2,1-2H3;1-3H. The van der Waals surface area contributed by atoms with Crippen molar-refractivity contribution in [1.82, 2.24) is 0 Å². The third kappa shape index (κ3) is 3.98. The van der Waals surface area contributed by atoms with Gasteiger partial charge in [-0.15, -0.1) is 0 Å². The van der Waals surface area contributed by atoms with Crippen LogP contribution < -0.4 is 0 Å². The van der Waals surface area contributed by atoms with Gasteiger partial charge in [0.1, 0.15) is 0 Å². The summed E-state index contributed by atoms with van der Waals surface area (Å²) in [5.41, 5.74) is -1.79. The second kappa shape index (κ2) is 7.59. The van der Waals surface area contributed by atoms with Crippen LogP contribution in [0.15, 0.2) is 0 Å². The minimum Gasteiger partial charge on any atom is -0.430 e. The Hall–Kier alpha value is 0.385. The molecule has 3 saturated carbocycles. The van der Waals surface area contributed by atoms with Crippen molar-refractivity contribution in [1.29, 1.82) is 0 Å². The Kier molecular flexibility index (Phi) is 7.73. The van der Waals surface area contributed by atoms with Gasteiger partial charge >= 0.3 is 7.69 Å². The van der Waals surface area contributed by atoms with Gasteiger partial charge in [0.25, 0.3) is 0 Å². The van der Waals surface area contributed by atoms with E-state index in [0.29, 0.717) is 5.92 Å². The minimum atomic E-state index is -0.870. The summed E-state index contributed by atoms with van der Waals surface area (Å²) in [7, 11) is -0.750. The molecule has 4 N–H and O–H groups in total. The van der Waals surface area contributed by atoms with Crippen molar-refractivity contribution in [3.63, 3.8) is 0 Å². The number of alkyl halides is 1. The van der Waals surface area contributed by atoms with E-state index in [4.69, 9.17) is 10.0 Å². The van der Waals surface area contributed by atoms with Crippen LogP contribution in [0, 0.1) is 17.3 Å². The van der Waals surface area contributed by atoms with E-state index in [1.165, 1.54) is 0 Å². The maximum atomic E-state index is 10.2. The number of halogens is 1. The predicted octanol–water partition coefficient (Wildman–Crippen LogP) is 1.58. The summed E-state index contributed by atoms with van der Waals surface area (Å²) in [4.78, 5) is 0. The molecule has 2 bridgehead atoms. The molecule has 0 aromatic rings. The lowest BCUT2D eigenvalue weighted by molar-refractivity contribution is -0.312. The Morgan fingerprint density at radius 1 is 1.20 bits per heavy atom. The fourth-order valence-electron chi connectivity index (χ4n) is 3.12. The molecule has 0 aromatic carbocycles. The maximum absolute atomic E-state index is 10.2. The highest BCUT2D eigenvalue weighted by Gasteiger charge is 2.69. The average Bonchev–Trinajstić information content (AvgIpc) is 2.34. The third-order valence-corrected chi connectivity index (χ3v) is 6.10. The van der Waals surface area contributed by atoms with Crippen LogP contribution in [-0.4, -0.2) is 44.5 Å². The van der Waals surface area contributed by atoms with Crippen molar-refractivity contribution in [3.05, 3.63) is 0 Å². The topological polar surface area (TPSA) is 80.9 Å². The molecule has 0 radical (unpaired) electrons. The van der Waals surface area contributed by atoms with Gasteiger partial charge in [-0.2, -0.15) is 0 Å². The molecule has 3 aliphatic carbocycles. The molecule has 3 rings (SSSR count). The van der Waals surface area contributed by atoms with Crippen molar-refractivity contribution in [3.8, 4) is 0 Å². The number of hydrogen-bond donors (Lipinski definition) is 4. The first-order valence-electron chi connectivity index (χ1n) is 7.22. The van der Waals surface area contributed by atoms with Crippen molar-refractivity contribution in [2.75, 3.05) is 5.33 Å². The van der Waals surface area contributed by atoms with Crippen LogP contribution in [0.2, 0.25) is 0 Å². The summed E-state index contributed by atoms with van der Waals surface area (Å²) < 4.78 is 0. The molecule has 3 fully saturated rings. The zero-order valence-electron chi connectivity index (χ0n) is 13.4. The molecule has 120 valence electrons. The Balaban J connectivity index is 0.000000382. The lowest BCUT2D eigenvalue weighted by Crippen LogP contribution is -2.74. The van der Waals surface area contributed by atoms with Crippen molar-refractivity contribution in [2.45, 2.75) is 65.1 Å². The van der Waals surface area contributed by atoms with Gasteiger partial charge in [0.05, 0.1) is 11.2 Å². The second-order valence-electron chi connectivity index (χ2n) is 6.99. The summed E-state index contributed by atoms with van der Waals surface area (Å²) in [5, 5.41) is 35.6. The summed E-state index contributed by atoms with van der Waals surface area (Å²) in [5.74, 6) is 1.41. The second-order valence-corrected chi connectivity index (χ2v) is 7.63. The maximum Gasteiger partial charge on any atom is 0.432 e. The van der Waals surface area contributed by atoms with Crippen LogP contribution in [0.5, 0.6) is 0 Å². The summed E-state index contributed by atoms with van der Waals surface area (Å²) in [6.07, 6.45) is 2.59. The average molecular weight is 353 g/mol. The van der Waals surface area contributed by atoms with Gasteiger partial charge in [-0.05, 0) is 43.4 Å². The lowest BCUT2D eigenvalue weighted by Gasteiger charge is -2.68. The van der Waals surface area contributed by atoms with Gasteiger partial charge in [-0.3, -0.25) is 0 Å². The fourth-order valence-corrected chi connectivity index (χ4v) is 3.12. The molecular formula is C14H30BBrO4. The quantitative estimate of drug-likeness (QED) is 0.426. The minimum absolute atomic E-state index is 0.0885. The van der Waals surface area contributed by atoms with Crippen molar-refractivity contribution >= 4 is 23.6 Å². The van der Waals surface area contributed by atoms with Crippen LogP contribution in [-0.2, 0) is 0 Å². The molecule has 3 atom stereocenters. The largest absolute Gasteiger partial charge is 0.432 e. The van der Waals surface area contributed by atoms with Crippen molar-refractivity contribution < 1.29 is 20.3 Å². The number of hydrogen-bond acceptors (Lipinski definition) is 4. The van der Waals surface area contributed by atoms with Crippen LogP contribution in [0.25, 0.3) is 0 Å². The summed E-state index contributed by atoms with van der Waals surface area (Å²) >= 11 is 3.31. The molecule has 6 heteroatoms. The van der Waals surface area contributed by atoms with E-state index in [0.717, 1.165) is 30.5 Å². The molecule has 0 aromatic heterocycles. The Morgan fingerprint density at radius 3 is 1.80 bits per heavy atom. The van der Waals surface area contributed by atoms with E-state index < -0.39 is 18.9 Å². The molecule has 4 nitrogen and oxygen atoms in total. The summed E-state index contributed by atoms with van der Waals surface area (Å²) in [6, 6.07) is 0. The smallest absolute Gasteiger partial charge is 0.430 e. The van der Waals surface area contributed by atoms with Gasteiger partial charge < -0.3 is 20.3 Å². The zero-order chi connectivity index (χ0) is 16.2. The first kappa shape index (κ1) is 20.4. The molecule has 0 saturated heterocycles. The van der Waals surface area contributed by atoms with E-state index in [2.05, 4.69) is 43.6 Å². The third-order valence-electron chi connectivity index (χ3n) is 4.81. The normalized spacial score (nSPS) is 36.9. The van der Waals surface area contributed by atoms with E-state index in [9.17, 15) is 10.2 Å². The van der Waals surface area contributed by atoms with Crippen LogP contribution in [0.4, 0.5) is 0 Å². The van der Waals surface area contributed by atoms with Crippen LogP contribution in [0.1, 0.15) is 53.9 Å². The molecule has 20 heavy (non-hydrogen) atoms. The SMILES string of the molecule is CC(C)CBr.CC1(O)CCC2CC1(O)C2(C)C.OBO. The lowest BCUT2D eigenvalue weighted by atomic mass is 9.41. The predicted molar refractivity (Wildman–Crippen MR) is 86.9 cm³/mol. The van der Waals surface area contributed by atoms with E-state index >= 15 is 0 Å². The van der Waals surface area contributed by atoms with Gasteiger partial charge in [0.15, 0.2) is 0 Å². The molecule has 3 aliphatic rings. The summed E-state index contributed by atoms with van der Waals surface area (Å²) in [6.45, 7) is 10.2. The first-order valence-corrected chi connectivity index (χ1v) is 8.34. The highest BCUT2D eigenvalue weighted by Crippen LogP contribution is 2.65. The van der Waals surface area contributed by atoms with E-state index in [1.807, 2.05) is 0 Å². The van der Waals surface area contributed by atoms with Crippen LogP contribution >= 0.6 is 15.9 Å².